The number of carbonyl (C=O) groups excluding carboxylic acids is 2. The first-order valence-corrected chi connectivity index (χ1v) is 6.72. The molecule has 0 aromatic heterocycles. The molecule has 0 unspecified atom stereocenters. The third-order valence-corrected chi connectivity index (χ3v) is 3.56. The van der Waals surface area contributed by atoms with E-state index in [9.17, 15) is 9.59 Å². The summed E-state index contributed by atoms with van der Waals surface area (Å²) >= 11 is 0. The van der Waals surface area contributed by atoms with E-state index in [0.29, 0.717) is 18.5 Å². The number of rotatable bonds is 5. The lowest BCUT2D eigenvalue weighted by molar-refractivity contribution is -0.118. The topological polar surface area (TPSA) is 92.7 Å². The van der Waals surface area contributed by atoms with Gasteiger partial charge < -0.3 is 16.4 Å². The predicted molar refractivity (Wildman–Crippen MR) is 77.4 cm³/mol. The quantitative estimate of drug-likeness (QED) is 0.778. The van der Waals surface area contributed by atoms with E-state index in [1.165, 1.54) is 0 Å². The summed E-state index contributed by atoms with van der Waals surface area (Å²) < 4.78 is 0. The van der Waals surface area contributed by atoms with Crippen molar-refractivity contribution < 1.29 is 9.59 Å². The van der Waals surface area contributed by atoms with Gasteiger partial charge >= 0.3 is 0 Å². The second-order valence-corrected chi connectivity index (χ2v) is 4.93. The number of carbonyl (C=O) groups is 2. The Morgan fingerprint density at radius 3 is 2.30 bits per heavy atom. The Kier molecular flexibility index (Phi) is 4.57. The van der Waals surface area contributed by atoms with E-state index in [2.05, 4.69) is 9.80 Å². The van der Waals surface area contributed by atoms with E-state index >= 15 is 0 Å². The molecule has 1 aromatic rings. The molecule has 0 aliphatic carbocycles. The fourth-order valence-corrected chi connectivity index (χ4v) is 2.44. The molecule has 1 heterocycles. The number of benzene rings is 1. The fraction of sp³-hybridized carbons (Fsp3) is 0.429. The van der Waals surface area contributed by atoms with Crippen molar-refractivity contribution in [2.24, 2.45) is 11.5 Å². The van der Waals surface area contributed by atoms with Crippen LogP contribution in [0.25, 0.3) is 0 Å². The van der Waals surface area contributed by atoms with Gasteiger partial charge in [0.15, 0.2) is 0 Å². The van der Waals surface area contributed by atoms with E-state index in [-0.39, 0.29) is 5.91 Å². The fourth-order valence-electron chi connectivity index (χ4n) is 2.44. The summed E-state index contributed by atoms with van der Waals surface area (Å²) in [4.78, 5) is 26.6. The average Bonchev–Trinajstić information content (AvgIpc) is 2.45. The van der Waals surface area contributed by atoms with Gasteiger partial charge in [0, 0.05) is 44.8 Å². The van der Waals surface area contributed by atoms with Crippen molar-refractivity contribution in [2.75, 3.05) is 37.6 Å². The number of hydrogen-bond acceptors (Lipinski definition) is 4. The number of nitrogens with two attached hydrogens (primary N) is 2. The molecule has 2 rings (SSSR count). The minimum absolute atomic E-state index is 0.272. The molecule has 4 N–H and O–H groups in total. The smallest absolute Gasteiger partial charge is 0.250 e. The van der Waals surface area contributed by atoms with Crippen molar-refractivity contribution in [2.45, 2.75) is 6.42 Å². The van der Waals surface area contributed by atoms with E-state index in [4.69, 9.17) is 11.5 Å². The molecule has 0 radical (unpaired) electrons. The van der Waals surface area contributed by atoms with Gasteiger partial charge in [-0.2, -0.15) is 0 Å². The zero-order valence-corrected chi connectivity index (χ0v) is 11.4. The Morgan fingerprint density at radius 2 is 1.70 bits per heavy atom. The predicted octanol–water partition coefficient (Wildman–Crippen LogP) is -0.217. The van der Waals surface area contributed by atoms with E-state index in [0.717, 1.165) is 31.9 Å². The van der Waals surface area contributed by atoms with Crippen LogP contribution in [0, 0.1) is 0 Å². The molecule has 0 saturated carbocycles. The monoisotopic (exact) mass is 276 g/mol. The van der Waals surface area contributed by atoms with Gasteiger partial charge in [0.25, 0.3) is 5.91 Å². The summed E-state index contributed by atoms with van der Waals surface area (Å²) in [5, 5.41) is 0. The van der Waals surface area contributed by atoms with Gasteiger partial charge in [-0.15, -0.1) is 0 Å². The highest BCUT2D eigenvalue weighted by Crippen LogP contribution is 2.21. The first-order chi connectivity index (χ1) is 9.58. The number of amides is 2. The molecule has 20 heavy (non-hydrogen) atoms. The van der Waals surface area contributed by atoms with Gasteiger partial charge in [-0.05, 0) is 12.1 Å². The standard InChI is InChI=1S/C14H20N4O2/c15-13(19)5-6-17-7-9-18(10-8-17)12-4-2-1-3-11(12)14(16)20/h1-4H,5-10H2,(H2,15,19)(H2,16,20). The molecule has 1 fully saturated rings. The van der Waals surface area contributed by atoms with Crippen molar-refractivity contribution >= 4 is 17.5 Å². The van der Waals surface area contributed by atoms with Crippen LogP contribution in [-0.2, 0) is 4.79 Å². The molecule has 1 aliphatic rings. The van der Waals surface area contributed by atoms with Crippen molar-refractivity contribution in [3.63, 3.8) is 0 Å². The first kappa shape index (κ1) is 14.3. The van der Waals surface area contributed by atoms with Crippen LogP contribution in [0.4, 0.5) is 5.69 Å². The number of primary amides is 2. The lowest BCUT2D eigenvalue weighted by Gasteiger charge is -2.36. The van der Waals surface area contributed by atoms with Gasteiger partial charge in [0.2, 0.25) is 5.91 Å². The normalized spacial score (nSPS) is 16.1. The molecule has 1 aliphatic heterocycles. The Hall–Kier alpha value is -2.08. The molecule has 0 bridgehead atoms. The SMILES string of the molecule is NC(=O)CCN1CCN(c2ccccc2C(N)=O)CC1. The van der Waals surface area contributed by atoms with Crippen LogP contribution >= 0.6 is 0 Å². The van der Waals surface area contributed by atoms with E-state index in [1.54, 1.807) is 6.07 Å². The third kappa shape index (κ3) is 3.48. The molecule has 0 spiro atoms. The van der Waals surface area contributed by atoms with E-state index in [1.807, 2.05) is 18.2 Å². The summed E-state index contributed by atoms with van der Waals surface area (Å²) in [6.45, 7) is 4.01. The van der Waals surface area contributed by atoms with Crippen molar-refractivity contribution in [1.29, 1.82) is 0 Å². The molecular formula is C14H20N4O2. The second-order valence-electron chi connectivity index (χ2n) is 4.93. The average molecular weight is 276 g/mol. The van der Waals surface area contributed by atoms with Gasteiger partial charge in [0.05, 0.1) is 5.56 Å². The minimum atomic E-state index is -0.406. The molecule has 6 nitrogen and oxygen atoms in total. The van der Waals surface area contributed by atoms with Crippen LogP contribution in [0.1, 0.15) is 16.8 Å². The first-order valence-electron chi connectivity index (χ1n) is 6.72. The van der Waals surface area contributed by atoms with Gasteiger partial charge in [-0.25, -0.2) is 0 Å². The summed E-state index contributed by atoms with van der Waals surface area (Å²) in [6.07, 6.45) is 0.387. The Morgan fingerprint density at radius 1 is 1.05 bits per heavy atom. The highest BCUT2D eigenvalue weighted by Gasteiger charge is 2.20. The molecule has 1 aromatic carbocycles. The zero-order chi connectivity index (χ0) is 14.5. The van der Waals surface area contributed by atoms with Gasteiger partial charge in [-0.3, -0.25) is 14.5 Å². The zero-order valence-electron chi connectivity index (χ0n) is 11.4. The van der Waals surface area contributed by atoms with Crippen molar-refractivity contribution in [3.8, 4) is 0 Å². The Bertz CT molecular complexity index is 496. The van der Waals surface area contributed by atoms with Gasteiger partial charge in [-0.1, -0.05) is 12.1 Å². The Labute approximate surface area is 118 Å². The highest BCUT2D eigenvalue weighted by molar-refractivity contribution is 5.98. The summed E-state index contributed by atoms with van der Waals surface area (Å²) in [5.74, 6) is -0.678. The van der Waals surface area contributed by atoms with Gasteiger partial charge in [0.1, 0.15) is 0 Å². The van der Waals surface area contributed by atoms with Crippen LogP contribution in [0.15, 0.2) is 24.3 Å². The second kappa shape index (κ2) is 6.38. The summed E-state index contributed by atoms with van der Waals surface area (Å²) in [5.41, 5.74) is 12.0. The largest absolute Gasteiger partial charge is 0.370 e. The van der Waals surface area contributed by atoms with E-state index < -0.39 is 5.91 Å². The number of anilines is 1. The van der Waals surface area contributed by atoms with Crippen LogP contribution in [0.2, 0.25) is 0 Å². The molecule has 6 heteroatoms. The highest BCUT2D eigenvalue weighted by atomic mass is 16.1. The number of para-hydroxylation sites is 1. The third-order valence-electron chi connectivity index (χ3n) is 3.56. The molecule has 0 atom stereocenters. The van der Waals surface area contributed by atoms with Crippen LogP contribution in [0.3, 0.4) is 0 Å². The number of nitrogens with zero attached hydrogens (tertiary/aromatic N) is 2. The molecule has 108 valence electrons. The van der Waals surface area contributed by atoms with Crippen LogP contribution in [0.5, 0.6) is 0 Å². The van der Waals surface area contributed by atoms with Crippen molar-refractivity contribution in [3.05, 3.63) is 29.8 Å². The summed E-state index contributed by atoms with van der Waals surface area (Å²) in [7, 11) is 0. The molecule has 1 saturated heterocycles. The number of piperazine rings is 1. The Balaban J connectivity index is 1.97. The lowest BCUT2D eigenvalue weighted by atomic mass is 10.1. The maximum absolute atomic E-state index is 11.4. The maximum Gasteiger partial charge on any atom is 0.250 e. The maximum atomic E-state index is 11.4. The summed E-state index contributed by atoms with van der Waals surface area (Å²) in [6, 6.07) is 7.38. The minimum Gasteiger partial charge on any atom is -0.370 e. The number of hydrogen-bond donors (Lipinski definition) is 2. The van der Waals surface area contributed by atoms with Crippen LogP contribution in [-0.4, -0.2) is 49.4 Å². The van der Waals surface area contributed by atoms with Crippen molar-refractivity contribution in [1.82, 2.24) is 4.90 Å². The molecule has 2 amide bonds. The molecular weight excluding hydrogens is 256 g/mol. The lowest BCUT2D eigenvalue weighted by Crippen LogP contribution is -2.47. The van der Waals surface area contributed by atoms with Crippen LogP contribution < -0.4 is 16.4 Å².